The van der Waals surface area contributed by atoms with E-state index in [2.05, 4.69) is 39.2 Å². The maximum Gasteiger partial charge on any atom is 0.0714 e. The molecule has 1 aromatic rings. The summed E-state index contributed by atoms with van der Waals surface area (Å²) in [5.74, 6) is 0.901. The first-order valence-electron chi connectivity index (χ1n) is 6.65. The fourth-order valence-electron chi connectivity index (χ4n) is 2.33. The van der Waals surface area contributed by atoms with Crippen molar-refractivity contribution in [1.82, 2.24) is 10.3 Å². The van der Waals surface area contributed by atoms with Crippen LogP contribution in [0.5, 0.6) is 0 Å². The molecule has 0 saturated heterocycles. The maximum absolute atomic E-state index is 4.53. The molecule has 1 unspecified atom stereocenters. The maximum atomic E-state index is 4.53. The van der Waals surface area contributed by atoms with Crippen LogP contribution in [0.2, 0.25) is 0 Å². The number of halogens is 1. The van der Waals surface area contributed by atoms with Crippen LogP contribution in [0.4, 0.5) is 0 Å². The first-order chi connectivity index (χ1) is 8.31. The Morgan fingerprint density at radius 2 is 2.35 bits per heavy atom. The van der Waals surface area contributed by atoms with Gasteiger partial charge in [-0.2, -0.15) is 0 Å². The highest BCUT2D eigenvalue weighted by Crippen LogP contribution is 2.35. The average Bonchev–Trinajstić information content (AvgIpc) is 2.28. The van der Waals surface area contributed by atoms with Gasteiger partial charge in [0, 0.05) is 10.7 Å². The highest BCUT2D eigenvalue weighted by molar-refractivity contribution is 9.10. The Morgan fingerprint density at radius 1 is 1.53 bits per heavy atom. The second-order valence-electron chi connectivity index (χ2n) is 4.91. The van der Waals surface area contributed by atoms with Crippen molar-refractivity contribution in [3.05, 3.63) is 28.5 Å². The van der Waals surface area contributed by atoms with Crippen LogP contribution in [0.25, 0.3) is 0 Å². The monoisotopic (exact) mass is 296 g/mol. The van der Waals surface area contributed by atoms with Gasteiger partial charge in [0.15, 0.2) is 0 Å². The number of rotatable bonds is 6. The van der Waals surface area contributed by atoms with Gasteiger partial charge in [-0.3, -0.25) is 4.98 Å². The summed E-state index contributed by atoms with van der Waals surface area (Å²) in [5, 5.41) is 3.63. The molecule has 0 radical (unpaired) electrons. The van der Waals surface area contributed by atoms with Crippen molar-refractivity contribution in [2.45, 2.75) is 45.1 Å². The van der Waals surface area contributed by atoms with Gasteiger partial charge in [-0.25, -0.2) is 0 Å². The van der Waals surface area contributed by atoms with E-state index in [1.165, 1.54) is 37.8 Å². The molecule has 1 heterocycles. The molecule has 0 bridgehead atoms. The largest absolute Gasteiger partial charge is 0.309 e. The summed E-state index contributed by atoms with van der Waals surface area (Å²) >= 11 is 3.62. The lowest BCUT2D eigenvalue weighted by Gasteiger charge is -2.30. The summed E-state index contributed by atoms with van der Waals surface area (Å²) in [5.41, 5.74) is 1.17. The molecule has 17 heavy (non-hydrogen) atoms. The summed E-state index contributed by atoms with van der Waals surface area (Å²) in [6, 6.07) is 4.48. The molecule has 1 N–H and O–H groups in total. The van der Waals surface area contributed by atoms with Crippen molar-refractivity contribution in [1.29, 1.82) is 0 Å². The van der Waals surface area contributed by atoms with E-state index in [9.17, 15) is 0 Å². The molecule has 94 valence electrons. The Labute approximate surface area is 112 Å². The fourth-order valence-corrected chi connectivity index (χ4v) is 2.86. The van der Waals surface area contributed by atoms with E-state index in [1.807, 2.05) is 12.3 Å². The van der Waals surface area contributed by atoms with Crippen molar-refractivity contribution in [2.24, 2.45) is 5.92 Å². The SMILES string of the molecule is CCCNC(CC1CCC1)c1ncccc1Br. The molecule has 0 aliphatic heterocycles. The van der Waals surface area contributed by atoms with Gasteiger partial charge in [0.05, 0.1) is 11.7 Å². The molecular weight excluding hydrogens is 276 g/mol. The van der Waals surface area contributed by atoms with Crippen LogP contribution in [-0.4, -0.2) is 11.5 Å². The molecule has 1 aliphatic carbocycles. The number of hydrogen-bond donors (Lipinski definition) is 1. The van der Waals surface area contributed by atoms with Crippen LogP contribution in [0, 0.1) is 5.92 Å². The van der Waals surface area contributed by atoms with E-state index >= 15 is 0 Å². The second kappa shape index (κ2) is 6.50. The van der Waals surface area contributed by atoms with Gasteiger partial charge in [-0.15, -0.1) is 0 Å². The van der Waals surface area contributed by atoms with E-state index in [0.29, 0.717) is 6.04 Å². The van der Waals surface area contributed by atoms with Gasteiger partial charge in [0.25, 0.3) is 0 Å². The second-order valence-corrected chi connectivity index (χ2v) is 5.76. The molecule has 2 nitrogen and oxygen atoms in total. The minimum Gasteiger partial charge on any atom is -0.309 e. The number of nitrogens with zero attached hydrogens (tertiary/aromatic N) is 1. The van der Waals surface area contributed by atoms with E-state index in [1.54, 1.807) is 0 Å². The Kier molecular flexibility index (Phi) is 4.99. The molecular formula is C14H21BrN2. The third-order valence-corrected chi connectivity index (χ3v) is 4.22. The lowest BCUT2D eigenvalue weighted by Crippen LogP contribution is -2.27. The van der Waals surface area contributed by atoms with Gasteiger partial charge >= 0.3 is 0 Å². The number of hydrogen-bond acceptors (Lipinski definition) is 2. The quantitative estimate of drug-likeness (QED) is 0.856. The first kappa shape index (κ1) is 13.0. The van der Waals surface area contributed by atoms with Crippen LogP contribution in [0.1, 0.15) is 50.8 Å². The summed E-state index contributed by atoms with van der Waals surface area (Å²) < 4.78 is 1.13. The molecule has 0 spiro atoms. The predicted molar refractivity (Wildman–Crippen MR) is 74.9 cm³/mol. The molecule has 0 aromatic carbocycles. The fraction of sp³-hybridized carbons (Fsp3) is 0.643. The Hall–Kier alpha value is -0.410. The molecule has 2 rings (SSSR count). The van der Waals surface area contributed by atoms with Crippen LogP contribution < -0.4 is 5.32 Å². The Bertz CT molecular complexity index is 350. The van der Waals surface area contributed by atoms with Gasteiger partial charge in [0.2, 0.25) is 0 Å². The van der Waals surface area contributed by atoms with E-state index in [4.69, 9.17) is 0 Å². The minimum absolute atomic E-state index is 0.413. The van der Waals surface area contributed by atoms with Gasteiger partial charge < -0.3 is 5.32 Å². The molecule has 1 fully saturated rings. The molecule has 1 saturated carbocycles. The normalized spacial score (nSPS) is 17.8. The number of nitrogens with one attached hydrogen (secondary N) is 1. The van der Waals surface area contributed by atoms with Gasteiger partial charge in [0.1, 0.15) is 0 Å². The van der Waals surface area contributed by atoms with Crippen molar-refractivity contribution in [2.75, 3.05) is 6.54 Å². The predicted octanol–water partition coefficient (Wildman–Crippen LogP) is 4.08. The smallest absolute Gasteiger partial charge is 0.0714 e. The van der Waals surface area contributed by atoms with Gasteiger partial charge in [-0.1, -0.05) is 26.2 Å². The summed E-state index contributed by atoms with van der Waals surface area (Å²) in [6.45, 7) is 3.28. The summed E-state index contributed by atoms with van der Waals surface area (Å²) in [7, 11) is 0. The molecule has 1 aliphatic rings. The third kappa shape index (κ3) is 3.52. The van der Waals surface area contributed by atoms with Crippen LogP contribution >= 0.6 is 15.9 Å². The molecule has 0 amide bonds. The highest BCUT2D eigenvalue weighted by Gasteiger charge is 2.24. The van der Waals surface area contributed by atoms with Crippen molar-refractivity contribution >= 4 is 15.9 Å². The number of aromatic nitrogens is 1. The highest BCUT2D eigenvalue weighted by atomic mass is 79.9. The lowest BCUT2D eigenvalue weighted by molar-refractivity contribution is 0.259. The minimum atomic E-state index is 0.413. The van der Waals surface area contributed by atoms with Crippen LogP contribution in [0.15, 0.2) is 22.8 Å². The standard InChI is InChI=1S/C14H21BrN2/c1-2-8-16-13(10-11-5-3-6-11)14-12(15)7-4-9-17-14/h4,7,9,11,13,16H,2-3,5-6,8,10H2,1H3. The first-order valence-corrected chi connectivity index (χ1v) is 7.44. The third-order valence-electron chi connectivity index (χ3n) is 3.55. The molecule has 1 aromatic heterocycles. The Morgan fingerprint density at radius 3 is 2.94 bits per heavy atom. The molecule has 1 atom stereocenters. The van der Waals surface area contributed by atoms with Crippen LogP contribution in [-0.2, 0) is 0 Å². The average molecular weight is 297 g/mol. The Balaban J connectivity index is 2.05. The van der Waals surface area contributed by atoms with E-state index in [-0.39, 0.29) is 0 Å². The zero-order chi connectivity index (χ0) is 12.1. The molecule has 3 heteroatoms. The van der Waals surface area contributed by atoms with E-state index in [0.717, 1.165) is 16.9 Å². The number of pyridine rings is 1. The summed E-state index contributed by atoms with van der Waals surface area (Å²) in [6.07, 6.45) is 8.50. The van der Waals surface area contributed by atoms with Crippen molar-refractivity contribution in [3.63, 3.8) is 0 Å². The van der Waals surface area contributed by atoms with Gasteiger partial charge in [-0.05, 0) is 53.4 Å². The topological polar surface area (TPSA) is 24.9 Å². The lowest BCUT2D eigenvalue weighted by atomic mass is 9.80. The van der Waals surface area contributed by atoms with E-state index < -0.39 is 0 Å². The summed E-state index contributed by atoms with van der Waals surface area (Å²) in [4.78, 5) is 4.53. The van der Waals surface area contributed by atoms with Crippen molar-refractivity contribution in [3.8, 4) is 0 Å². The zero-order valence-electron chi connectivity index (χ0n) is 10.5. The zero-order valence-corrected chi connectivity index (χ0v) is 12.0. The van der Waals surface area contributed by atoms with Crippen molar-refractivity contribution < 1.29 is 0 Å². The van der Waals surface area contributed by atoms with Crippen LogP contribution in [0.3, 0.4) is 0 Å².